The van der Waals surface area contributed by atoms with E-state index in [1.54, 1.807) is 0 Å². The third-order valence-electron chi connectivity index (χ3n) is 2.98. The van der Waals surface area contributed by atoms with Crippen molar-refractivity contribution in [2.45, 2.75) is 51.2 Å². The number of ether oxygens (including phenoxy) is 3. The smallest absolute Gasteiger partial charge is 0.187 e. The van der Waals surface area contributed by atoms with Gasteiger partial charge in [-0.25, -0.2) is 0 Å². The van der Waals surface area contributed by atoms with Crippen molar-refractivity contribution in [2.75, 3.05) is 6.61 Å². The maximum Gasteiger partial charge on any atom is 0.187 e. The Hall–Kier alpha value is -0.200. The Bertz CT molecular complexity index is 242. The van der Waals surface area contributed by atoms with Gasteiger partial charge in [0, 0.05) is 5.92 Å². The van der Waals surface area contributed by atoms with Crippen LogP contribution >= 0.6 is 0 Å². The van der Waals surface area contributed by atoms with Gasteiger partial charge in [0.05, 0.1) is 12.7 Å². The molecule has 2 aliphatic heterocycles. The largest absolute Gasteiger partial charge is 0.394 e. The molecule has 0 aromatic carbocycles. The van der Waals surface area contributed by atoms with Crippen LogP contribution in [0.25, 0.3) is 0 Å². The molecule has 2 N–H and O–H groups in total. The van der Waals surface area contributed by atoms with Crippen LogP contribution in [0.1, 0.15) is 20.8 Å². The SMILES string of the molecule is C[C@@H]1C2OC(C)(C)O[C@@H]2O[C@H]1C(O)CO. The van der Waals surface area contributed by atoms with Crippen LogP contribution < -0.4 is 0 Å². The Morgan fingerprint density at radius 3 is 2.53 bits per heavy atom. The molecule has 2 saturated heterocycles. The molecule has 5 atom stereocenters. The minimum absolute atomic E-state index is 0.0129. The summed E-state index contributed by atoms with van der Waals surface area (Å²) in [5, 5.41) is 18.4. The third kappa shape index (κ3) is 1.90. The van der Waals surface area contributed by atoms with Crippen LogP contribution in [0.3, 0.4) is 0 Å². The molecule has 0 amide bonds. The summed E-state index contributed by atoms with van der Waals surface area (Å²) < 4.78 is 16.7. The van der Waals surface area contributed by atoms with Gasteiger partial charge in [0.1, 0.15) is 12.2 Å². The summed E-state index contributed by atoms with van der Waals surface area (Å²) in [6, 6.07) is 0. The highest BCUT2D eigenvalue weighted by Gasteiger charge is 2.54. The van der Waals surface area contributed by atoms with Crippen molar-refractivity contribution in [3.63, 3.8) is 0 Å². The molecule has 0 spiro atoms. The van der Waals surface area contributed by atoms with Gasteiger partial charge >= 0.3 is 0 Å². The lowest BCUT2D eigenvalue weighted by molar-refractivity contribution is -0.221. The maximum atomic E-state index is 9.53. The van der Waals surface area contributed by atoms with Gasteiger partial charge in [-0.2, -0.15) is 0 Å². The molecule has 2 unspecified atom stereocenters. The van der Waals surface area contributed by atoms with Crippen molar-refractivity contribution >= 4 is 0 Å². The number of hydrogen-bond donors (Lipinski definition) is 2. The molecule has 0 aliphatic carbocycles. The van der Waals surface area contributed by atoms with E-state index in [1.165, 1.54) is 0 Å². The number of hydrogen-bond acceptors (Lipinski definition) is 5. The summed E-state index contributed by atoms with van der Waals surface area (Å²) in [4.78, 5) is 0. The highest BCUT2D eigenvalue weighted by atomic mass is 16.8. The molecule has 88 valence electrons. The normalized spacial score (nSPS) is 45.4. The van der Waals surface area contributed by atoms with Crippen LogP contribution in [0.2, 0.25) is 0 Å². The molecule has 2 fully saturated rings. The first-order chi connectivity index (χ1) is 6.94. The predicted octanol–water partition coefficient (Wildman–Crippen LogP) is -0.148. The monoisotopic (exact) mass is 218 g/mol. The zero-order valence-electron chi connectivity index (χ0n) is 9.21. The van der Waals surface area contributed by atoms with Crippen molar-refractivity contribution in [3.8, 4) is 0 Å². The van der Waals surface area contributed by atoms with E-state index < -0.39 is 24.3 Å². The van der Waals surface area contributed by atoms with E-state index in [1.807, 2.05) is 20.8 Å². The van der Waals surface area contributed by atoms with Gasteiger partial charge in [-0.05, 0) is 13.8 Å². The van der Waals surface area contributed by atoms with Crippen LogP contribution in [0.15, 0.2) is 0 Å². The van der Waals surface area contributed by atoms with Crippen molar-refractivity contribution in [3.05, 3.63) is 0 Å². The average molecular weight is 218 g/mol. The maximum absolute atomic E-state index is 9.53. The van der Waals surface area contributed by atoms with Crippen molar-refractivity contribution in [2.24, 2.45) is 5.92 Å². The zero-order valence-corrected chi connectivity index (χ0v) is 9.21. The third-order valence-corrected chi connectivity index (χ3v) is 2.98. The van der Waals surface area contributed by atoms with Gasteiger partial charge in [-0.1, -0.05) is 6.92 Å². The number of fused-ring (bicyclic) bond motifs is 1. The van der Waals surface area contributed by atoms with Crippen LogP contribution in [0.4, 0.5) is 0 Å². The van der Waals surface area contributed by atoms with Crippen LogP contribution in [0, 0.1) is 5.92 Å². The predicted molar refractivity (Wildman–Crippen MR) is 51.0 cm³/mol. The van der Waals surface area contributed by atoms with E-state index in [9.17, 15) is 5.11 Å². The lowest BCUT2D eigenvalue weighted by atomic mass is 9.97. The molecule has 0 radical (unpaired) electrons. The summed E-state index contributed by atoms with van der Waals surface area (Å²) >= 11 is 0. The minimum Gasteiger partial charge on any atom is -0.394 e. The molecule has 2 rings (SSSR count). The molecule has 5 heteroatoms. The van der Waals surface area contributed by atoms with Crippen LogP contribution in [-0.2, 0) is 14.2 Å². The van der Waals surface area contributed by atoms with Gasteiger partial charge in [0.15, 0.2) is 12.1 Å². The van der Waals surface area contributed by atoms with Gasteiger partial charge in [-0.3, -0.25) is 0 Å². The number of aliphatic hydroxyl groups excluding tert-OH is 2. The summed E-state index contributed by atoms with van der Waals surface area (Å²) in [5.74, 6) is -0.613. The summed E-state index contributed by atoms with van der Waals surface area (Å²) in [5.41, 5.74) is 0. The molecule has 15 heavy (non-hydrogen) atoms. The second-order valence-electron chi connectivity index (χ2n) is 4.68. The zero-order chi connectivity index (χ0) is 11.2. The van der Waals surface area contributed by atoms with Gasteiger partial charge in [0.2, 0.25) is 0 Å². The van der Waals surface area contributed by atoms with Gasteiger partial charge < -0.3 is 24.4 Å². The van der Waals surface area contributed by atoms with Gasteiger partial charge in [-0.15, -0.1) is 0 Å². The standard InChI is InChI=1S/C10H18O5/c1-5-7(6(12)4-11)13-9-8(5)14-10(2,3)15-9/h5-9,11-12H,4H2,1-3H3/t5-,6?,7+,8?,9-/m0/s1. The van der Waals surface area contributed by atoms with Gasteiger partial charge in [0.25, 0.3) is 0 Å². The molecule has 0 saturated carbocycles. The average Bonchev–Trinajstić information content (AvgIpc) is 2.60. The van der Waals surface area contributed by atoms with Crippen molar-refractivity contribution in [1.29, 1.82) is 0 Å². The first-order valence-corrected chi connectivity index (χ1v) is 5.24. The fourth-order valence-corrected chi connectivity index (χ4v) is 2.23. The van der Waals surface area contributed by atoms with Crippen molar-refractivity contribution < 1.29 is 24.4 Å². The Labute approximate surface area is 88.9 Å². The first-order valence-electron chi connectivity index (χ1n) is 5.24. The second kappa shape index (κ2) is 3.68. The van der Waals surface area contributed by atoms with E-state index >= 15 is 0 Å². The number of rotatable bonds is 2. The highest BCUT2D eigenvalue weighted by molar-refractivity contribution is 4.93. The Morgan fingerprint density at radius 1 is 1.33 bits per heavy atom. The fourth-order valence-electron chi connectivity index (χ4n) is 2.23. The Balaban J connectivity index is 2.05. The summed E-state index contributed by atoms with van der Waals surface area (Å²) in [6.07, 6.45) is -1.88. The topological polar surface area (TPSA) is 68.2 Å². The first kappa shape index (κ1) is 11.3. The molecule has 2 aliphatic rings. The van der Waals surface area contributed by atoms with Crippen LogP contribution in [0.5, 0.6) is 0 Å². The summed E-state index contributed by atoms with van der Waals surface area (Å²) in [6.45, 7) is 5.29. The molecule has 5 nitrogen and oxygen atoms in total. The molecule has 0 aromatic heterocycles. The van der Waals surface area contributed by atoms with E-state index in [0.717, 1.165) is 0 Å². The lowest BCUT2D eigenvalue weighted by Gasteiger charge is -2.25. The fraction of sp³-hybridized carbons (Fsp3) is 1.00. The summed E-state index contributed by atoms with van der Waals surface area (Å²) in [7, 11) is 0. The Kier molecular flexibility index (Phi) is 2.77. The quantitative estimate of drug-likeness (QED) is 0.674. The molecule has 0 bridgehead atoms. The second-order valence-corrected chi connectivity index (χ2v) is 4.68. The minimum atomic E-state index is -0.874. The van der Waals surface area contributed by atoms with Crippen LogP contribution in [-0.4, -0.2) is 47.2 Å². The lowest BCUT2D eigenvalue weighted by Crippen LogP contribution is -2.37. The van der Waals surface area contributed by atoms with E-state index in [0.29, 0.717) is 0 Å². The van der Waals surface area contributed by atoms with Crippen molar-refractivity contribution in [1.82, 2.24) is 0 Å². The van der Waals surface area contributed by atoms with E-state index in [2.05, 4.69) is 0 Å². The number of aliphatic hydroxyl groups is 2. The molecule has 2 heterocycles. The Morgan fingerprint density at radius 2 is 2.00 bits per heavy atom. The molecular formula is C10H18O5. The molecule has 0 aromatic rings. The highest BCUT2D eigenvalue weighted by Crippen LogP contribution is 2.41. The van der Waals surface area contributed by atoms with E-state index in [4.69, 9.17) is 19.3 Å². The van der Waals surface area contributed by atoms with E-state index in [-0.39, 0.29) is 18.6 Å². The molecular weight excluding hydrogens is 200 g/mol.